The first-order valence-electron chi connectivity index (χ1n) is 7.24. The van der Waals surface area contributed by atoms with E-state index in [9.17, 15) is 0 Å². The van der Waals surface area contributed by atoms with Gasteiger partial charge in [-0.2, -0.15) is 0 Å². The molecule has 0 amide bonds. The first-order valence-corrected chi connectivity index (χ1v) is 7.24. The molecular formula is C15H26N2O2. The Balaban J connectivity index is 1.87. The Labute approximate surface area is 116 Å². The van der Waals surface area contributed by atoms with Gasteiger partial charge in [-0.1, -0.05) is 13.8 Å². The summed E-state index contributed by atoms with van der Waals surface area (Å²) >= 11 is 0. The molecule has 0 bridgehead atoms. The van der Waals surface area contributed by atoms with Gasteiger partial charge in [-0.25, -0.2) is 0 Å². The molecule has 1 atom stereocenters. The summed E-state index contributed by atoms with van der Waals surface area (Å²) in [7, 11) is 0. The van der Waals surface area contributed by atoms with Gasteiger partial charge in [0, 0.05) is 24.7 Å². The van der Waals surface area contributed by atoms with Crippen LogP contribution < -0.4 is 5.32 Å². The van der Waals surface area contributed by atoms with Crippen LogP contribution in [0.15, 0.2) is 16.7 Å². The van der Waals surface area contributed by atoms with Gasteiger partial charge in [0.2, 0.25) is 0 Å². The van der Waals surface area contributed by atoms with Crippen molar-refractivity contribution in [1.82, 2.24) is 10.2 Å². The van der Waals surface area contributed by atoms with E-state index in [2.05, 4.69) is 37.1 Å². The predicted octanol–water partition coefficient (Wildman–Crippen LogP) is 2.25. The van der Waals surface area contributed by atoms with Crippen molar-refractivity contribution in [1.29, 1.82) is 0 Å². The van der Waals surface area contributed by atoms with E-state index < -0.39 is 0 Å². The summed E-state index contributed by atoms with van der Waals surface area (Å²) < 4.78 is 11.1. The van der Waals surface area contributed by atoms with Gasteiger partial charge in [-0.15, -0.1) is 0 Å². The quantitative estimate of drug-likeness (QED) is 0.857. The molecule has 2 heterocycles. The van der Waals surface area contributed by atoms with Gasteiger partial charge in [-0.05, 0) is 25.5 Å². The second kappa shape index (κ2) is 7.08. The fraction of sp³-hybridized carbons (Fsp3) is 0.733. The van der Waals surface area contributed by atoms with E-state index in [0.29, 0.717) is 12.0 Å². The van der Waals surface area contributed by atoms with E-state index in [1.165, 1.54) is 5.56 Å². The highest BCUT2D eigenvalue weighted by Gasteiger charge is 2.21. The molecule has 0 aliphatic carbocycles. The van der Waals surface area contributed by atoms with Crippen molar-refractivity contribution < 1.29 is 9.15 Å². The van der Waals surface area contributed by atoms with Gasteiger partial charge >= 0.3 is 0 Å². The van der Waals surface area contributed by atoms with Crippen LogP contribution in [0.25, 0.3) is 0 Å². The molecule has 1 aliphatic rings. The molecular weight excluding hydrogens is 240 g/mol. The normalized spacial score (nSPS) is 21.2. The lowest BCUT2D eigenvalue weighted by Crippen LogP contribution is -2.43. The van der Waals surface area contributed by atoms with Crippen LogP contribution in [0.2, 0.25) is 0 Å². The largest absolute Gasteiger partial charge is 0.468 e. The molecule has 1 unspecified atom stereocenters. The standard InChI is InChI=1S/C15H26N2O2/c1-12(2)8-16-9-14-4-6-19-15(14)10-17-5-7-18-11-13(17)3/h4,6,12-13,16H,5,7-11H2,1-3H3. The van der Waals surface area contributed by atoms with E-state index in [4.69, 9.17) is 9.15 Å². The number of hydrogen-bond donors (Lipinski definition) is 1. The smallest absolute Gasteiger partial charge is 0.122 e. The highest BCUT2D eigenvalue weighted by Crippen LogP contribution is 2.16. The van der Waals surface area contributed by atoms with Gasteiger partial charge < -0.3 is 14.5 Å². The highest BCUT2D eigenvalue weighted by molar-refractivity contribution is 5.17. The first kappa shape index (κ1) is 14.6. The van der Waals surface area contributed by atoms with Crippen molar-refractivity contribution in [2.24, 2.45) is 5.92 Å². The Morgan fingerprint density at radius 3 is 3.05 bits per heavy atom. The molecule has 0 spiro atoms. The fourth-order valence-corrected chi connectivity index (χ4v) is 2.34. The van der Waals surface area contributed by atoms with Crippen molar-refractivity contribution in [2.75, 3.05) is 26.3 Å². The lowest BCUT2D eigenvalue weighted by molar-refractivity contribution is -0.00725. The average Bonchev–Trinajstić information content (AvgIpc) is 2.79. The van der Waals surface area contributed by atoms with Crippen molar-refractivity contribution in [2.45, 2.75) is 39.9 Å². The molecule has 1 aromatic heterocycles. The first-order chi connectivity index (χ1) is 9.16. The van der Waals surface area contributed by atoms with Crippen LogP contribution in [-0.2, 0) is 17.8 Å². The number of rotatable bonds is 6. The zero-order valence-corrected chi connectivity index (χ0v) is 12.3. The maximum absolute atomic E-state index is 5.65. The summed E-state index contributed by atoms with van der Waals surface area (Å²) in [4.78, 5) is 2.42. The minimum absolute atomic E-state index is 0.468. The van der Waals surface area contributed by atoms with Gasteiger partial charge in [0.25, 0.3) is 0 Å². The number of nitrogens with one attached hydrogen (secondary N) is 1. The predicted molar refractivity (Wildman–Crippen MR) is 75.9 cm³/mol. The van der Waals surface area contributed by atoms with E-state index >= 15 is 0 Å². The maximum Gasteiger partial charge on any atom is 0.122 e. The van der Waals surface area contributed by atoms with Gasteiger partial charge in [0.15, 0.2) is 0 Å². The Morgan fingerprint density at radius 2 is 2.32 bits per heavy atom. The Bertz CT molecular complexity index is 376. The molecule has 1 aromatic rings. The summed E-state index contributed by atoms with van der Waals surface area (Å²) in [6.07, 6.45) is 1.80. The van der Waals surface area contributed by atoms with Crippen molar-refractivity contribution >= 4 is 0 Å². The number of nitrogens with zero attached hydrogens (tertiary/aromatic N) is 1. The Kier molecular flexibility index (Phi) is 5.43. The minimum atomic E-state index is 0.468. The second-order valence-corrected chi connectivity index (χ2v) is 5.79. The van der Waals surface area contributed by atoms with Crippen LogP contribution in [0.5, 0.6) is 0 Å². The van der Waals surface area contributed by atoms with Gasteiger partial charge in [0.05, 0.1) is 26.0 Å². The van der Waals surface area contributed by atoms with E-state index in [0.717, 1.165) is 45.2 Å². The molecule has 1 aliphatic heterocycles. The Morgan fingerprint density at radius 1 is 1.47 bits per heavy atom. The monoisotopic (exact) mass is 266 g/mol. The lowest BCUT2D eigenvalue weighted by Gasteiger charge is -2.32. The summed E-state index contributed by atoms with van der Waals surface area (Å²) in [5.74, 6) is 1.76. The molecule has 19 heavy (non-hydrogen) atoms. The highest BCUT2D eigenvalue weighted by atomic mass is 16.5. The molecule has 4 nitrogen and oxygen atoms in total. The van der Waals surface area contributed by atoms with E-state index in [-0.39, 0.29) is 0 Å². The third-order valence-electron chi connectivity index (χ3n) is 3.56. The SMILES string of the molecule is CC(C)CNCc1ccoc1CN1CCOCC1C. The van der Waals surface area contributed by atoms with E-state index in [1.54, 1.807) is 6.26 Å². The lowest BCUT2D eigenvalue weighted by atomic mass is 10.2. The van der Waals surface area contributed by atoms with Crippen molar-refractivity contribution in [3.63, 3.8) is 0 Å². The average molecular weight is 266 g/mol. The van der Waals surface area contributed by atoms with Crippen molar-refractivity contribution in [3.8, 4) is 0 Å². The number of morpholine rings is 1. The third kappa shape index (κ3) is 4.34. The Hall–Kier alpha value is -0.840. The zero-order chi connectivity index (χ0) is 13.7. The molecule has 0 saturated carbocycles. The molecule has 2 rings (SSSR count). The number of furan rings is 1. The number of ether oxygens (including phenoxy) is 1. The molecule has 1 N–H and O–H groups in total. The minimum Gasteiger partial charge on any atom is -0.468 e. The van der Waals surface area contributed by atoms with Crippen molar-refractivity contribution in [3.05, 3.63) is 23.7 Å². The zero-order valence-electron chi connectivity index (χ0n) is 12.3. The second-order valence-electron chi connectivity index (χ2n) is 5.79. The third-order valence-corrected chi connectivity index (χ3v) is 3.56. The molecule has 1 fully saturated rings. The molecule has 108 valence electrons. The van der Waals surface area contributed by atoms with Crippen LogP contribution in [0.3, 0.4) is 0 Å². The van der Waals surface area contributed by atoms with Crippen LogP contribution >= 0.6 is 0 Å². The van der Waals surface area contributed by atoms with Crippen LogP contribution in [0, 0.1) is 5.92 Å². The summed E-state index contributed by atoms with van der Waals surface area (Å²) in [5.41, 5.74) is 1.28. The van der Waals surface area contributed by atoms with Gasteiger partial charge in [0.1, 0.15) is 5.76 Å². The summed E-state index contributed by atoms with van der Waals surface area (Å²) in [6.45, 7) is 12.1. The van der Waals surface area contributed by atoms with Gasteiger partial charge in [-0.3, -0.25) is 4.90 Å². The topological polar surface area (TPSA) is 37.6 Å². The molecule has 0 radical (unpaired) electrons. The summed E-state index contributed by atoms with van der Waals surface area (Å²) in [6, 6.07) is 2.55. The molecule has 0 aromatic carbocycles. The fourth-order valence-electron chi connectivity index (χ4n) is 2.34. The van der Waals surface area contributed by atoms with Crippen LogP contribution in [0.1, 0.15) is 32.1 Å². The molecule has 4 heteroatoms. The van der Waals surface area contributed by atoms with Crippen LogP contribution in [-0.4, -0.2) is 37.2 Å². The molecule has 1 saturated heterocycles. The van der Waals surface area contributed by atoms with Crippen LogP contribution in [0.4, 0.5) is 0 Å². The number of hydrogen-bond acceptors (Lipinski definition) is 4. The summed E-state index contributed by atoms with van der Waals surface area (Å²) in [5, 5.41) is 3.47. The maximum atomic E-state index is 5.65. The van der Waals surface area contributed by atoms with E-state index in [1.807, 2.05) is 0 Å².